The van der Waals surface area contributed by atoms with Crippen molar-refractivity contribution in [2.24, 2.45) is 5.92 Å². The standard InChI is InChI=1S/C19H26N6O/c1-13-10-20-16(23-13)11-24-8-5-19(6-9-24)17-15(21-12-22-17)4-7-25(19)18(26)14-2-3-14/h10,12,14H,2-9,11H2,1H3,(H,20,23)(H,21,22). The Bertz CT molecular complexity index is 812. The van der Waals surface area contributed by atoms with Crippen molar-refractivity contribution in [2.45, 2.75) is 51.1 Å². The maximum absolute atomic E-state index is 13.0. The number of carbonyl (C=O) groups is 1. The Morgan fingerprint density at radius 3 is 2.77 bits per heavy atom. The molecule has 0 unspecified atom stereocenters. The van der Waals surface area contributed by atoms with E-state index in [2.05, 4.69) is 29.7 Å². The van der Waals surface area contributed by atoms with E-state index >= 15 is 0 Å². The van der Waals surface area contributed by atoms with Crippen molar-refractivity contribution in [1.29, 1.82) is 0 Å². The van der Waals surface area contributed by atoms with Gasteiger partial charge in [-0.05, 0) is 32.6 Å². The van der Waals surface area contributed by atoms with E-state index in [0.717, 1.165) is 75.5 Å². The van der Waals surface area contributed by atoms with Crippen LogP contribution in [0.15, 0.2) is 12.5 Å². The summed E-state index contributed by atoms with van der Waals surface area (Å²) in [4.78, 5) is 33.4. The minimum absolute atomic E-state index is 0.219. The molecule has 1 amide bonds. The fraction of sp³-hybridized carbons (Fsp3) is 0.632. The molecule has 2 fully saturated rings. The highest BCUT2D eigenvalue weighted by Crippen LogP contribution is 2.45. The van der Waals surface area contributed by atoms with Crippen LogP contribution in [0.5, 0.6) is 0 Å². The van der Waals surface area contributed by atoms with Crippen molar-refractivity contribution in [3.8, 4) is 0 Å². The van der Waals surface area contributed by atoms with Gasteiger partial charge in [-0.1, -0.05) is 0 Å². The Kier molecular flexibility index (Phi) is 3.67. The van der Waals surface area contributed by atoms with Gasteiger partial charge in [0.05, 0.1) is 24.1 Å². The Morgan fingerprint density at radius 1 is 1.27 bits per heavy atom. The number of imidazole rings is 2. The molecular weight excluding hydrogens is 328 g/mol. The third-order valence-electron chi connectivity index (χ3n) is 6.27. The van der Waals surface area contributed by atoms with E-state index < -0.39 is 0 Å². The van der Waals surface area contributed by atoms with E-state index in [0.29, 0.717) is 5.91 Å². The van der Waals surface area contributed by atoms with Gasteiger partial charge in [0.1, 0.15) is 5.82 Å². The van der Waals surface area contributed by atoms with Crippen LogP contribution in [0.1, 0.15) is 48.6 Å². The van der Waals surface area contributed by atoms with E-state index in [1.165, 1.54) is 5.69 Å². The van der Waals surface area contributed by atoms with Gasteiger partial charge in [-0.15, -0.1) is 0 Å². The van der Waals surface area contributed by atoms with Crippen LogP contribution in [-0.4, -0.2) is 55.3 Å². The van der Waals surface area contributed by atoms with Gasteiger partial charge in [-0.3, -0.25) is 9.69 Å². The van der Waals surface area contributed by atoms with Gasteiger partial charge in [0.25, 0.3) is 0 Å². The molecular formula is C19H26N6O. The molecule has 2 aromatic heterocycles. The number of carbonyl (C=O) groups excluding carboxylic acids is 1. The molecule has 0 aromatic carbocycles. The van der Waals surface area contributed by atoms with Crippen molar-refractivity contribution in [3.05, 3.63) is 35.4 Å². The van der Waals surface area contributed by atoms with Gasteiger partial charge in [-0.25, -0.2) is 9.97 Å². The second kappa shape index (κ2) is 5.94. The first kappa shape index (κ1) is 16.1. The first-order chi connectivity index (χ1) is 12.7. The van der Waals surface area contributed by atoms with E-state index in [9.17, 15) is 4.79 Å². The largest absolute Gasteiger partial charge is 0.348 e. The fourth-order valence-electron chi connectivity index (χ4n) is 4.70. The Hall–Kier alpha value is -2.15. The fourth-order valence-corrected chi connectivity index (χ4v) is 4.70. The van der Waals surface area contributed by atoms with Gasteiger partial charge in [0.2, 0.25) is 5.91 Å². The van der Waals surface area contributed by atoms with E-state index in [-0.39, 0.29) is 11.5 Å². The normalized spacial score (nSPS) is 22.6. The molecule has 0 radical (unpaired) electrons. The van der Waals surface area contributed by atoms with E-state index in [4.69, 9.17) is 0 Å². The van der Waals surface area contributed by atoms with Crippen LogP contribution in [0.2, 0.25) is 0 Å². The molecule has 0 bridgehead atoms. The molecule has 0 atom stereocenters. The van der Waals surface area contributed by atoms with E-state index in [1.54, 1.807) is 6.33 Å². The van der Waals surface area contributed by atoms with Gasteiger partial charge < -0.3 is 14.9 Å². The monoisotopic (exact) mass is 354 g/mol. The van der Waals surface area contributed by atoms with Gasteiger partial charge >= 0.3 is 0 Å². The third kappa shape index (κ3) is 2.57. The van der Waals surface area contributed by atoms with Crippen LogP contribution in [0.3, 0.4) is 0 Å². The summed E-state index contributed by atoms with van der Waals surface area (Å²) in [7, 11) is 0. The molecule has 7 nitrogen and oxygen atoms in total. The summed E-state index contributed by atoms with van der Waals surface area (Å²) in [5, 5.41) is 0. The molecule has 138 valence electrons. The number of nitrogens with one attached hydrogen (secondary N) is 2. The molecule has 2 N–H and O–H groups in total. The minimum Gasteiger partial charge on any atom is -0.348 e. The molecule has 26 heavy (non-hydrogen) atoms. The van der Waals surface area contributed by atoms with Crippen molar-refractivity contribution in [3.63, 3.8) is 0 Å². The molecule has 5 rings (SSSR count). The molecule has 4 heterocycles. The highest BCUT2D eigenvalue weighted by atomic mass is 16.2. The number of aromatic nitrogens is 4. The average molecular weight is 354 g/mol. The number of aryl methyl sites for hydroxylation is 1. The van der Waals surface area contributed by atoms with Gasteiger partial charge in [0.15, 0.2) is 0 Å². The maximum Gasteiger partial charge on any atom is 0.226 e. The van der Waals surface area contributed by atoms with Crippen molar-refractivity contribution < 1.29 is 4.79 Å². The maximum atomic E-state index is 13.0. The summed E-state index contributed by atoms with van der Waals surface area (Å²) < 4.78 is 0. The molecule has 1 saturated heterocycles. The molecule has 2 aromatic rings. The number of hydrogen-bond acceptors (Lipinski definition) is 4. The highest BCUT2D eigenvalue weighted by Gasteiger charge is 2.50. The van der Waals surface area contributed by atoms with Gasteiger partial charge in [-0.2, -0.15) is 0 Å². The van der Waals surface area contributed by atoms with Gasteiger partial charge in [0, 0.05) is 49.6 Å². The molecule has 1 spiro atoms. The zero-order valence-electron chi connectivity index (χ0n) is 15.3. The predicted octanol–water partition coefficient (Wildman–Crippen LogP) is 1.73. The molecule has 7 heteroatoms. The van der Waals surface area contributed by atoms with Crippen LogP contribution in [0, 0.1) is 12.8 Å². The number of likely N-dealkylation sites (tertiary alicyclic amines) is 1. The summed E-state index contributed by atoms with van der Waals surface area (Å²) in [6, 6.07) is 0. The lowest BCUT2D eigenvalue weighted by Crippen LogP contribution is -2.58. The summed E-state index contributed by atoms with van der Waals surface area (Å²) in [5.41, 5.74) is 3.22. The van der Waals surface area contributed by atoms with E-state index in [1.807, 2.05) is 13.1 Å². The quantitative estimate of drug-likeness (QED) is 0.880. The van der Waals surface area contributed by atoms with Crippen LogP contribution in [0.25, 0.3) is 0 Å². The molecule has 1 aliphatic carbocycles. The topological polar surface area (TPSA) is 80.9 Å². The number of hydrogen-bond donors (Lipinski definition) is 2. The van der Waals surface area contributed by atoms with Crippen LogP contribution >= 0.6 is 0 Å². The summed E-state index contributed by atoms with van der Waals surface area (Å²) >= 11 is 0. The number of H-pyrrole nitrogens is 2. The number of fused-ring (bicyclic) bond motifs is 2. The zero-order valence-corrected chi connectivity index (χ0v) is 15.3. The second-order valence-electron chi connectivity index (χ2n) is 8.06. The summed E-state index contributed by atoms with van der Waals surface area (Å²) in [5.74, 6) is 1.64. The number of rotatable bonds is 3. The molecule has 3 aliphatic rings. The number of aromatic amines is 2. The number of amides is 1. The average Bonchev–Trinajstić information content (AvgIpc) is 3.24. The lowest BCUT2D eigenvalue weighted by Gasteiger charge is -2.50. The third-order valence-corrected chi connectivity index (χ3v) is 6.27. The van der Waals surface area contributed by atoms with Crippen LogP contribution in [0.4, 0.5) is 0 Å². The Labute approximate surface area is 153 Å². The highest BCUT2D eigenvalue weighted by molar-refractivity contribution is 5.82. The summed E-state index contributed by atoms with van der Waals surface area (Å²) in [6.07, 6.45) is 8.59. The van der Waals surface area contributed by atoms with Crippen LogP contribution < -0.4 is 0 Å². The smallest absolute Gasteiger partial charge is 0.226 e. The number of piperidine rings is 1. The molecule has 1 saturated carbocycles. The van der Waals surface area contributed by atoms with Crippen molar-refractivity contribution in [1.82, 2.24) is 29.7 Å². The first-order valence-electron chi connectivity index (χ1n) is 9.73. The Balaban J connectivity index is 1.38. The zero-order chi connectivity index (χ0) is 17.7. The Morgan fingerprint density at radius 2 is 2.08 bits per heavy atom. The minimum atomic E-state index is -0.219. The summed E-state index contributed by atoms with van der Waals surface area (Å²) in [6.45, 7) is 5.61. The number of nitrogens with zero attached hydrogens (tertiary/aromatic N) is 4. The second-order valence-corrected chi connectivity index (χ2v) is 8.06. The van der Waals surface area contributed by atoms with Crippen LogP contribution in [-0.2, 0) is 23.3 Å². The lowest BCUT2D eigenvalue weighted by molar-refractivity contribution is -0.143. The lowest BCUT2D eigenvalue weighted by atomic mass is 9.78. The first-order valence-corrected chi connectivity index (χ1v) is 9.73. The predicted molar refractivity (Wildman–Crippen MR) is 96.2 cm³/mol. The van der Waals surface area contributed by atoms with Crippen molar-refractivity contribution >= 4 is 5.91 Å². The SMILES string of the molecule is Cc1cnc(CN2CCC3(CC2)c2nc[nH]c2CCN3C(=O)C2CC2)[nH]1. The molecule has 2 aliphatic heterocycles. The van der Waals surface area contributed by atoms with Crippen molar-refractivity contribution in [2.75, 3.05) is 19.6 Å².